The Bertz CT molecular complexity index is 2090. The molecule has 4 N–H and O–H groups in total. The highest BCUT2D eigenvalue weighted by Gasteiger charge is 2.48. The number of piperidine rings is 1. The van der Waals surface area contributed by atoms with E-state index in [1.807, 2.05) is 19.2 Å². The predicted octanol–water partition coefficient (Wildman–Crippen LogP) is 6.53. The maximum Gasteiger partial charge on any atom is 0.407 e. The Morgan fingerprint density at radius 2 is 1.66 bits per heavy atom. The van der Waals surface area contributed by atoms with Gasteiger partial charge in [-0.2, -0.15) is 0 Å². The van der Waals surface area contributed by atoms with Crippen molar-refractivity contribution in [1.82, 2.24) is 35.7 Å². The number of hydrogen-bond donors (Lipinski definition) is 4. The van der Waals surface area contributed by atoms with E-state index in [-0.39, 0.29) is 24.0 Å². The molecule has 56 heavy (non-hydrogen) atoms. The van der Waals surface area contributed by atoms with Crippen LogP contribution in [0.2, 0.25) is 0 Å². The fourth-order valence-corrected chi connectivity index (χ4v) is 9.12. The molecule has 0 radical (unpaired) electrons. The number of fused-ring (bicyclic) bond motifs is 5. The Balaban J connectivity index is 1.06. The van der Waals surface area contributed by atoms with E-state index >= 15 is 0 Å². The molecule has 4 aliphatic rings. The minimum atomic E-state index is -0.714. The summed E-state index contributed by atoms with van der Waals surface area (Å²) in [6.07, 6.45) is 8.39. The number of nitrogens with zero attached hydrogens (tertiary/aromatic N) is 4. The lowest BCUT2D eigenvalue weighted by molar-refractivity contribution is -0.134. The molecular formula is C42H50N8O6. The van der Waals surface area contributed by atoms with Gasteiger partial charge in [0.15, 0.2) is 0 Å². The molecule has 2 aliphatic carbocycles. The van der Waals surface area contributed by atoms with Crippen molar-refractivity contribution in [2.45, 2.75) is 89.0 Å². The van der Waals surface area contributed by atoms with E-state index in [1.165, 1.54) is 31.5 Å². The summed E-state index contributed by atoms with van der Waals surface area (Å²) >= 11 is 0. The summed E-state index contributed by atoms with van der Waals surface area (Å²) < 4.78 is 9.48. The zero-order chi connectivity index (χ0) is 39.7. The molecule has 2 saturated heterocycles. The number of imidazole rings is 1. The van der Waals surface area contributed by atoms with E-state index in [9.17, 15) is 19.3 Å². The number of aromatic nitrogens is 2. The third-order valence-electron chi connectivity index (χ3n) is 11.9. The molecule has 3 fully saturated rings. The normalized spacial score (nSPS) is 22.0. The zero-order valence-electron chi connectivity index (χ0n) is 32.4. The molecule has 14 heteroatoms. The molecule has 6 atom stereocenters. The average Bonchev–Trinajstić information content (AvgIpc) is 4.04. The molecular weight excluding hydrogens is 713 g/mol. The number of carbonyl (C=O) groups excluding carboxylic acids is 3. The van der Waals surface area contributed by atoms with Gasteiger partial charge in [-0.25, -0.2) is 14.6 Å². The molecule has 7 rings (SSSR count). The van der Waals surface area contributed by atoms with Crippen LogP contribution >= 0.6 is 0 Å². The highest BCUT2D eigenvalue weighted by Crippen LogP contribution is 2.47. The summed E-state index contributed by atoms with van der Waals surface area (Å²) in [5.74, 6) is 0.921. The van der Waals surface area contributed by atoms with Gasteiger partial charge in [-0.3, -0.25) is 4.79 Å². The number of nitroso groups, excluding NO2 is 1. The van der Waals surface area contributed by atoms with Crippen LogP contribution in [-0.2, 0) is 27.1 Å². The number of methoxy groups -OCH3 is 2. The summed E-state index contributed by atoms with van der Waals surface area (Å²) in [7, 11) is 2.61. The summed E-state index contributed by atoms with van der Waals surface area (Å²) in [4.78, 5) is 60.7. The fourth-order valence-electron chi connectivity index (χ4n) is 9.12. The number of amides is 3. The Kier molecular flexibility index (Phi) is 11.0. The highest BCUT2D eigenvalue weighted by atomic mass is 16.5. The number of hydrogen-bond acceptors (Lipinski definition) is 10. The van der Waals surface area contributed by atoms with Gasteiger partial charge in [-0.15, -0.1) is 4.91 Å². The van der Waals surface area contributed by atoms with E-state index in [2.05, 4.69) is 84.2 Å². The molecule has 294 valence electrons. The lowest BCUT2D eigenvalue weighted by atomic mass is 9.83. The predicted molar refractivity (Wildman–Crippen MR) is 213 cm³/mol. The van der Waals surface area contributed by atoms with Crippen molar-refractivity contribution in [3.63, 3.8) is 0 Å². The number of alkyl carbamates (subject to hydrolysis) is 2. The van der Waals surface area contributed by atoms with Crippen LogP contribution in [-0.4, -0.2) is 82.8 Å². The molecule has 3 aromatic rings. The second kappa shape index (κ2) is 16.0. The monoisotopic (exact) mass is 762 g/mol. The van der Waals surface area contributed by atoms with Gasteiger partial charge in [-0.05, 0) is 115 Å². The molecule has 2 aromatic carbocycles. The van der Waals surface area contributed by atoms with Gasteiger partial charge in [0, 0.05) is 24.0 Å². The third-order valence-corrected chi connectivity index (χ3v) is 11.9. The summed E-state index contributed by atoms with van der Waals surface area (Å²) in [6, 6.07) is 11.7. The topological polar surface area (TPSA) is 170 Å². The van der Waals surface area contributed by atoms with Gasteiger partial charge in [0.2, 0.25) is 5.91 Å². The van der Waals surface area contributed by atoms with Crippen molar-refractivity contribution in [3.8, 4) is 22.4 Å². The van der Waals surface area contributed by atoms with Crippen LogP contribution in [0, 0.1) is 10.8 Å². The largest absolute Gasteiger partial charge is 0.453 e. The Morgan fingerprint density at radius 1 is 0.964 bits per heavy atom. The molecule has 1 saturated carbocycles. The Labute approximate surface area is 326 Å². The number of likely N-dealkylation sites (tertiary alicyclic amines) is 2. The van der Waals surface area contributed by atoms with Gasteiger partial charge >= 0.3 is 12.2 Å². The van der Waals surface area contributed by atoms with E-state index in [0.717, 1.165) is 90.1 Å². The van der Waals surface area contributed by atoms with Crippen molar-refractivity contribution in [2.24, 2.45) is 11.1 Å². The van der Waals surface area contributed by atoms with E-state index in [0.29, 0.717) is 24.2 Å². The fraction of sp³-hybridized carbons (Fsp3) is 0.429. The van der Waals surface area contributed by atoms with Gasteiger partial charge in [0.05, 0.1) is 56.1 Å². The molecule has 14 nitrogen and oxygen atoms in total. The SMILES string of the molecule is C=C(N/C(=C\N=O)c1ccc2c(c1)CCc1cc(-c3cnc([C@@H]4CCCN4C(=O)[C@H](C)NC(=O)OC)[nH]3)ccc1-2)[C@@H]1[C@H]2CC[C@H](C2)N1C(=C)[C@H](C)NC(=O)OC. The van der Waals surface area contributed by atoms with Crippen LogP contribution in [0.15, 0.2) is 78.5 Å². The number of ether oxygens (including phenoxy) is 2. The maximum atomic E-state index is 13.2. The van der Waals surface area contributed by atoms with Crippen molar-refractivity contribution >= 4 is 23.8 Å². The smallest absolute Gasteiger partial charge is 0.407 e. The first-order valence-corrected chi connectivity index (χ1v) is 19.3. The molecule has 2 aliphatic heterocycles. The average molecular weight is 763 g/mol. The Morgan fingerprint density at radius 3 is 2.38 bits per heavy atom. The first-order chi connectivity index (χ1) is 27.0. The van der Waals surface area contributed by atoms with Gasteiger partial charge in [0.25, 0.3) is 0 Å². The first kappa shape index (κ1) is 38.4. The summed E-state index contributed by atoms with van der Waals surface area (Å²) in [5, 5.41) is 12.0. The number of aromatic amines is 1. The lowest BCUT2D eigenvalue weighted by Gasteiger charge is -2.41. The van der Waals surface area contributed by atoms with Crippen molar-refractivity contribution < 1.29 is 23.9 Å². The second-order valence-electron chi connectivity index (χ2n) is 15.2. The summed E-state index contributed by atoms with van der Waals surface area (Å²) in [6.45, 7) is 12.9. The molecule has 2 bridgehead atoms. The number of rotatable bonds is 12. The van der Waals surface area contributed by atoms with Crippen LogP contribution in [0.25, 0.3) is 28.1 Å². The van der Waals surface area contributed by atoms with Crippen molar-refractivity contribution in [3.05, 3.63) is 101 Å². The van der Waals surface area contributed by atoms with Crippen LogP contribution in [0.1, 0.15) is 74.5 Å². The minimum absolute atomic E-state index is 0.0542. The number of aryl methyl sites for hydroxylation is 2. The van der Waals surface area contributed by atoms with Crippen LogP contribution in [0.4, 0.5) is 9.59 Å². The van der Waals surface area contributed by atoms with Crippen molar-refractivity contribution in [1.29, 1.82) is 0 Å². The number of nitrogens with one attached hydrogen (secondary N) is 4. The van der Waals surface area contributed by atoms with Gasteiger partial charge in [-0.1, -0.05) is 37.4 Å². The minimum Gasteiger partial charge on any atom is -0.453 e. The van der Waals surface area contributed by atoms with E-state index in [1.54, 1.807) is 11.8 Å². The molecule has 3 amide bonds. The molecule has 1 aromatic heterocycles. The van der Waals surface area contributed by atoms with Crippen LogP contribution in [0.5, 0.6) is 0 Å². The number of benzene rings is 2. The van der Waals surface area contributed by atoms with Crippen molar-refractivity contribution in [2.75, 3.05) is 20.8 Å². The molecule has 3 heterocycles. The second-order valence-corrected chi connectivity index (χ2v) is 15.2. The van der Waals surface area contributed by atoms with E-state index < -0.39 is 18.2 Å². The standard InChI is InChI=1S/C42H50N8O6/c1-23(46-41(52)55-5)26(4)50-32-14-11-31(20-32)38(50)24(2)45-36(22-44-54)30-13-16-34-28(19-30)10-9-27-18-29(12-15-33(27)34)35-21-43-39(48-35)37-8-7-17-49(37)40(51)25(3)47-42(53)56-6/h12-13,15-16,18-19,21-23,25,31-32,37-38,45H,2,4,7-11,14,17,20H2,1,3,5-6H3,(H,43,48)(H,46,52)(H,47,53)/b36-22-/t23-,25-,31-,32+,37-,38+/m0/s1. The third kappa shape index (κ3) is 7.39. The maximum absolute atomic E-state index is 13.2. The number of H-pyrrole nitrogens is 1. The van der Waals surface area contributed by atoms with Crippen LogP contribution < -0.4 is 16.0 Å². The zero-order valence-corrected chi connectivity index (χ0v) is 32.4. The Hall–Kier alpha value is -5.92. The first-order valence-electron chi connectivity index (χ1n) is 19.3. The van der Waals surface area contributed by atoms with E-state index in [4.69, 9.17) is 4.74 Å². The number of carbonyl (C=O) groups is 3. The molecule has 0 spiro atoms. The summed E-state index contributed by atoms with van der Waals surface area (Å²) in [5.41, 5.74) is 9.56. The van der Waals surface area contributed by atoms with Gasteiger partial charge in [0.1, 0.15) is 11.9 Å². The molecule has 0 unspecified atom stereocenters. The highest BCUT2D eigenvalue weighted by molar-refractivity contribution is 5.86. The quantitative estimate of drug-likeness (QED) is 0.150. The van der Waals surface area contributed by atoms with Crippen LogP contribution in [0.3, 0.4) is 0 Å². The lowest BCUT2D eigenvalue weighted by Crippen LogP contribution is -2.48. The van der Waals surface area contributed by atoms with Gasteiger partial charge < -0.3 is 40.2 Å².